The van der Waals surface area contributed by atoms with Crippen molar-refractivity contribution in [2.24, 2.45) is 7.05 Å². The van der Waals surface area contributed by atoms with Crippen molar-refractivity contribution < 1.29 is 18.0 Å². The summed E-state index contributed by atoms with van der Waals surface area (Å²) in [6.07, 6.45) is 8.33. The Morgan fingerprint density at radius 3 is 2.67 bits per heavy atom. The van der Waals surface area contributed by atoms with E-state index in [0.29, 0.717) is 40.8 Å². The number of piperidine rings is 1. The molecule has 0 spiro atoms. The van der Waals surface area contributed by atoms with Crippen LogP contribution in [0.25, 0.3) is 22.9 Å². The summed E-state index contributed by atoms with van der Waals surface area (Å²) in [5.41, 5.74) is 1.87. The fourth-order valence-corrected chi connectivity index (χ4v) is 5.04. The molecular weight excluding hydrogens is 468 g/mol. The minimum Gasteiger partial charge on any atom is -0.328 e. The molecule has 1 N–H and O–H groups in total. The van der Waals surface area contributed by atoms with Crippen LogP contribution in [0, 0.1) is 6.92 Å². The molecule has 2 amide bonds. The first-order chi connectivity index (χ1) is 15.7. The summed E-state index contributed by atoms with van der Waals surface area (Å²) in [5.74, 6) is -0.287. The summed E-state index contributed by atoms with van der Waals surface area (Å²) in [5, 5.41) is 4.68. The van der Waals surface area contributed by atoms with Crippen molar-refractivity contribution in [3.8, 4) is 5.82 Å². The molecule has 12 heteroatoms. The number of pyridine rings is 1. The highest BCUT2D eigenvalue weighted by molar-refractivity contribution is 8.04. The Kier molecular flexibility index (Phi) is 6.26. The number of carbonyl (C=O) groups excluding carboxylic acids is 2. The molecule has 4 rings (SSSR count). The van der Waals surface area contributed by atoms with E-state index in [9.17, 15) is 18.0 Å². The van der Waals surface area contributed by atoms with Crippen LogP contribution < -0.4 is 4.72 Å². The third-order valence-corrected chi connectivity index (χ3v) is 6.83. The van der Waals surface area contributed by atoms with Gasteiger partial charge in [0.2, 0.25) is 0 Å². The summed E-state index contributed by atoms with van der Waals surface area (Å²) in [7, 11) is -2.71. The number of carbonyl (C=O) groups is 2. The predicted octanol–water partition coefficient (Wildman–Crippen LogP) is 2.79. The number of halogens is 1. The topological polar surface area (TPSA) is 119 Å². The largest absolute Gasteiger partial charge is 0.359 e. The second-order valence-electron chi connectivity index (χ2n) is 7.82. The molecule has 1 aliphatic heterocycles. The lowest BCUT2D eigenvalue weighted by molar-refractivity contribution is -0.114. The van der Waals surface area contributed by atoms with Gasteiger partial charge in [0.15, 0.2) is 0 Å². The molecule has 0 atom stereocenters. The van der Waals surface area contributed by atoms with Gasteiger partial charge >= 0.3 is 15.3 Å². The van der Waals surface area contributed by atoms with Gasteiger partial charge in [0.25, 0.3) is 5.91 Å². The van der Waals surface area contributed by atoms with Crippen LogP contribution in [0.2, 0.25) is 5.02 Å². The van der Waals surface area contributed by atoms with Gasteiger partial charge in [-0.15, -0.1) is 0 Å². The minimum absolute atomic E-state index is 0.367. The lowest BCUT2D eigenvalue weighted by Gasteiger charge is -2.25. The van der Waals surface area contributed by atoms with Crippen molar-refractivity contribution in [3.63, 3.8) is 0 Å². The predicted molar refractivity (Wildman–Crippen MR) is 124 cm³/mol. The average molecular weight is 491 g/mol. The molecule has 0 aliphatic carbocycles. The number of nitrogens with one attached hydrogen (secondary N) is 1. The Morgan fingerprint density at radius 1 is 1.21 bits per heavy atom. The van der Waals surface area contributed by atoms with Crippen LogP contribution in [0.5, 0.6) is 0 Å². The second kappa shape index (κ2) is 8.99. The maximum atomic E-state index is 12.4. The van der Waals surface area contributed by atoms with E-state index >= 15 is 0 Å². The number of nitrogens with zero attached hydrogens (tertiary/aromatic N) is 5. The summed E-state index contributed by atoms with van der Waals surface area (Å²) in [6, 6.07) is 3.65. The maximum absolute atomic E-state index is 12.4. The third-order valence-electron chi connectivity index (χ3n) is 5.44. The van der Waals surface area contributed by atoms with Gasteiger partial charge < -0.3 is 4.90 Å². The molecular formula is C21H23ClN6O4S. The molecule has 0 saturated carbocycles. The van der Waals surface area contributed by atoms with Crippen LogP contribution in [-0.4, -0.2) is 56.9 Å². The van der Waals surface area contributed by atoms with E-state index in [2.05, 4.69) is 10.1 Å². The minimum atomic E-state index is -4.47. The third kappa shape index (κ3) is 4.64. The zero-order chi connectivity index (χ0) is 23.8. The Bertz CT molecular complexity index is 1370. The van der Waals surface area contributed by atoms with Gasteiger partial charge in [-0.05, 0) is 44.4 Å². The van der Waals surface area contributed by atoms with Gasteiger partial charge in [-0.3, -0.25) is 18.8 Å². The number of aromatic nitrogens is 4. The molecule has 0 unspecified atom stereocenters. The van der Waals surface area contributed by atoms with Crippen LogP contribution in [0.15, 0.2) is 30.6 Å². The number of hydrogen-bond acceptors (Lipinski definition) is 6. The van der Waals surface area contributed by atoms with E-state index < -0.39 is 21.2 Å². The fraction of sp³-hybridized carbons (Fsp3) is 0.333. The highest BCUT2D eigenvalue weighted by Crippen LogP contribution is 2.25. The smallest absolute Gasteiger partial charge is 0.328 e. The summed E-state index contributed by atoms with van der Waals surface area (Å²) >= 11 is 6.03. The number of hydrogen-bond donors (Lipinski definition) is 1. The van der Waals surface area contributed by atoms with Crippen LogP contribution in [0.1, 0.15) is 30.5 Å². The number of rotatable bonds is 3. The van der Waals surface area contributed by atoms with Gasteiger partial charge in [0.05, 0.1) is 10.7 Å². The molecule has 3 aromatic rings. The van der Waals surface area contributed by atoms with Crippen LogP contribution >= 0.6 is 11.6 Å². The SMILES string of the molecule is Cc1nn(C)c(-n2ccc3cc(Cl)cnc32)c1C=CC(=O)NS(=O)(=O)C(=O)N1CCCCC1. The first kappa shape index (κ1) is 23.0. The van der Waals surface area contributed by atoms with E-state index in [1.54, 1.807) is 29.3 Å². The number of aryl methyl sites for hydroxylation is 2. The molecule has 10 nitrogen and oxygen atoms in total. The first-order valence-corrected chi connectivity index (χ1v) is 12.2. The van der Waals surface area contributed by atoms with Crippen molar-refractivity contribution in [3.05, 3.63) is 46.9 Å². The molecule has 1 fully saturated rings. The molecule has 3 aromatic heterocycles. The number of sulfonamides is 1. The Morgan fingerprint density at radius 2 is 1.94 bits per heavy atom. The molecule has 174 valence electrons. The highest BCUT2D eigenvalue weighted by atomic mass is 35.5. The molecule has 1 aliphatic rings. The highest BCUT2D eigenvalue weighted by Gasteiger charge is 2.30. The monoisotopic (exact) mass is 490 g/mol. The number of likely N-dealkylation sites (tertiary alicyclic amines) is 1. The Balaban J connectivity index is 1.58. The lowest BCUT2D eigenvalue weighted by Crippen LogP contribution is -2.45. The number of fused-ring (bicyclic) bond motifs is 1. The van der Waals surface area contributed by atoms with Crippen molar-refractivity contribution in [2.45, 2.75) is 26.2 Å². The van der Waals surface area contributed by atoms with Crippen LogP contribution in [-0.2, 0) is 21.9 Å². The van der Waals surface area contributed by atoms with E-state index in [-0.39, 0.29) is 0 Å². The zero-order valence-electron chi connectivity index (χ0n) is 18.2. The molecule has 0 radical (unpaired) electrons. The van der Waals surface area contributed by atoms with Gasteiger partial charge in [-0.25, -0.2) is 9.71 Å². The summed E-state index contributed by atoms with van der Waals surface area (Å²) in [6.45, 7) is 2.51. The zero-order valence-corrected chi connectivity index (χ0v) is 19.7. The van der Waals surface area contributed by atoms with Gasteiger partial charge in [0.1, 0.15) is 11.5 Å². The van der Waals surface area contributed by atoms with E-state index in [1.165, 1.54) is 17.2 Å². The van der Waals surface area contributed by atoms with Gasteiger partial charge in [0, 0.05) is 49.6 Å². The van der Waals surface area contributed by atoms with Gasteiger partial charge in [-0.1, -0.05) is 11.6 Å². The van der Waals surface area contributed by atoms with E-state index in [4.69, 9.17) is 11.6 Å². The average Bonchev–Trinajstić information content (AvgIpc) is 3.30. The second-order valence-corrected chi connectivity index (χ2v) is 9.81. The number of amides is 2. The lowest BCUT2D eigenvalue weighted by atomic mass is 10.1. The van der Waals surface area contributed by atoms with Crippen molar-refractivity contribution in [1.82, 2.24) is 29.0 Å². The molecule has 33 heavy (non-hydrogen) atoms. The molecule has 0 bridgehead atoms. The summed E-state index contributed by atoms with van der Waals surface area (Å²) < 4.78 is 30.0. The van der Waals surface area contributed by atoms with E-state index in [1.807, 2.05) is 17.0 Å². The molecule has 4 heterocycles. The van der Waals surface area contributed by atoms with Crippen LogP contribution in [0.4, 0.5) is 4.79 Å². The van der Waals surface area contributed by atoms with E-state index in [0.717, 1.165) is 30.7 Å². The van der Waals surface area contributed by atoms with Gasteiger partial charge in [-0.2, -0.15) is 13.5 Å². The quantitative estimate of drug-likeness (QED) is 0.564. The van der Waals surface area contributed by atoms with Crippen molar-refractivity contribution in [1.29, 1.82) is 0 Å². The first-order valence-electron chi connectivity index (χ1n) is 10.4. The Labute approximate surface area is 195 Å². The van der Waals surface area contributed by atoms with Crippen molar-refractivity contribution in [2.75, 3.05) is 13.1 Å². The molecule has 0 aromatic carbocycles. The normalized spacial score (nSPS) is 14.8. The maximum Gasteiger partial charge on any atom is 0.359 e. The standard InChI is InChI=1S/C21H23ClN6O4S/c1-14-17(6-7-18(29)25-33(31,32)21(30)27-9-4-3-5-10-27)20(26(2)24-14)28-11-8-15-12-16(22)13-23-19(15)28/h6-8,11-13H,3-5,9-10H2,1-2H3,(H,25,29). The summed E-state index contributed by atoms with van der Waals surface area (Å²) in [4.78, 5) is 30.3. The van der Waals surface area contributed by atoms with Crippen LogP contribution in [0.3, 0.4) is 0 Å². The molecule has 1 saturated heterocycles. The Hall–Kier alpha value is -3.18. The van der Waals surface area contributed by atoms with Crippen molar-refractivity contribution >= 4 is 49.9 Å². The fourth-order valence-electron chi connectivity index (χ4n) is 3.93.